The molecule has 0 amide bonds. The van der Waals surface area contributed by atoms with Gasteiger partial charge in [-0.05, 0) is 35.8 Å². The van der Waals surface area contributed by atoms with Crippen molar-refractivity contribution in [1.29, 1.82) is 0 Å². The van der Waals surface area contributed by atoms with Gasteiger partial charge in [0, 0.05) is 18.8 Å². The highest BCUT2D eigenvalue weighted by atomic mass is 15.3. The van der Waals surface area contributed by atoms with Crippen LogP contribution in [0.2, 0.25) is 0 Å². The maximum absolute atomic E-state index is 4.63. The average molecular weight is 216 g/mol. The third-order valence-corrected chi connectivity index (χ3v) is 4.01. The predicted octanol–water partition coefficient (Wildman–Crippen LogP) is 2.98. The molecule has 86 valence electrons. The molecule has 4 rings (SSSR count). The van der Waals surface area contributed by atoms with E-state index in [1.54, 1.807) is 0 Å². The summed E-state index contributed by atoms with van der Waals surface area (Å²) in [6.45, 7) is 7.93. The summed E-state index contributed by atoms with van der Waals surface area (Å²) in [5.41, 5.74) is 1.53. The van der Waals surface area contributed by atoms with E-state index < -0.39 is 0 Å². The van der Waals surface area contributed by atoms with E-state index in [0.29, 0.717) is 0 Å². The Balaban J connectivity index is 1.82. The van der Waals surface area contributed by atoms with Gasteiger partial charge in [-0.15, -0.1) is 0 Å². The lowest BCUT2D eigenvalue weighted by Gasteiger charge is -2.27. The molecule has 1 aromatic rings. The number of anilines is 1. The van der Waals surface area contributed by atoms with Crippen molar-refractivity contribution in [3.8, 4) is 0 Å². The van der Waals surface area contributed by atoms with Gasteiger partial charge in [0.2, 0.25) is 0 Å². The second-order valence-corrected chi connectivity index (χ2v) is 6.30. The number of fused-ring (bicyclic) bond motifs is 1. The van der Waals surface area contributed by atoms with Crippen LogP contribution in [0.5, 0.6) is 0 Å². The Kier molecular flexibility index (Phi) is 2.04. The van der Waals surface area contributed by atoms with Crippen molar-refractivity contribution in [2.45, 2.75) is 45.1 Å². The first-order valence-corrected chi connectivity index (χ1v) is 6.27. The van der Waals surface area contributed by atoms with Gasteiger partial charge in [0.05, 0.1) is 0 Å². The minimum Gasteiger partial charge on any atom is -0.353 e. The fraction of sp³-hybridized carbons (Fsp3) is 0.643. The van der Waals surface area contributed by atoms with Crippen molar-refractivity contribution in [3.63, 3.8) is 0 Å². The van der Waals surface area contributed by atoms with E-state index in [0.717, 1.165) is 12.0 Å². The van der Waals surface area contributed by atoms with Crippen LogP contribution in [0.15, 0.2) is 18.3 Å². The Bertz CT molecular complexity index is 382. The molecule has 0 unspecified atom stereocenters. The normalized spacial score (nSPS) is 28.1. The largest absolute Gasteiger partial charge is 0.353 e. The Labute approximate surface area is 97.7 Å². The molecule has 3 fully saturated rings. The molecular formula is C14H20N2. The maximum atomic E-state index is 4.63. The van der Waals surface area contributed by atoms with E-state index in [4.69, 9.17) is 0 Å². The smallest absolute Gasteiger partial charge is 0.128 e. The molecule has 1 saturated carbocycles. The van der Waals surface area contributed by atoms with E-state index in [2.05, 4.69) is 42.8 Å². The topological polar surface area (TPSA) is 16.1 Å². The summed E-state index contributed by atoms with van der Waals surface area (Å²) in [5.74, 6) is 2.13. The average Bonchev–Trinajstić information content (AvgIpc) is 2.74. The first-order valence-electron chi connectivity index (χ1n) is 6.27. The van der Waals surface area contributed by atoms with Crippen LogP contribution in [0.25, 0.3) is 0 Å². The number of pyridine rings is 1. The van der Waals surface area contributed by atoms with Gasteiger partial charge in [-0.2, -0.15) is 0 Å². The second kappa shape index (κ2) is 3.22. The van der Waals surface area contributed by atoms with Gasteiger partial charge < -0.3 is 4.90 Å². The van der Waals surface area contributed by atoms with Gasteiger partial charge in [0.25, 0.3) is 0 Å². The highest BCUT2D eigenvalue weighted by molar-refractivity contribution is 5.45. The fourth-order valence-electron chi connectivity index (χ4n) is 2.81. The van der Waals surface area contributed by atoms with Crippen LogP contribution in [0.1, 0.15) is 39.2 Å². The minimum absolute atomic E-state index is 0.207. The summed E-state index contributed by atoms with van der Waals surface area (Å²) in [6, 6.07) is 5.22. The lowest BCUT2D eigenvalue weighted by molar-refractivity contribution is 0.380. The highest BCUT2D eigenvalue weighted by Crippen LogP contribution is 2.42. The van der Waals surface area contributed by atoms with Crippen molar-refractivity contribution in [2.75, 3.05) is 11.4 Å². The van der Waals surface area contributed by atoms with Crippen molar-refractivity contribution in [1.82, 2.24) is 4.98 Å². The van der Waals surface area contributed by atoms with Gasteiger partial charge in [-0.3, -0.25) is 0 Å². The number of nitrogens with zero attached hydrogens (tertiary/aromatic N) is 2. The van der Waals surface area contributed by atoms with E-state index in [-0.39, 0.29) is 5.41 Å². The molecule has 2 aliphatic heterocycles. The van der Waals surface area contributed by atoms with Gasteiger partial charge in [0.15, 0.2) is 0 Å². The molecule has 0 atom stereocenters. The van der Waals surface area contributed by atoms with Gasteiger partial charge in [-0.1, -0.05) is 26.8 Å². The molecule has 1 aromatic heterocycles. The summed E-state index contributed by atoms with van der Waals surface area (Å²) in [5, 5.41) is 0. The summed E-state index contributed by atoms with van der Waals surface area (Å²) in [6.07, 6.45) is 4.83. The first-order chi connectivity index (χ1) is 7.54. The Hall–Kier alpha value is -1.05. The van der Waals surface area contributed by atoms with Crippen LogP contribution in [-0.2, 0) is 5.41 Å². The first kappa shape index (κ1) is 10.1. The summed E-state index contributed by atoms with van der Waals surface area (Å²) in [7, 11) is 0. The molecule has 2 heteroatoms. The zero-order valence-electron chi connectivity index (χ0n) is 10.4. The van der Waals surface area contributed by atoms with Crippen LogP contribution in [0, 0.1) is 5.92 Å². The molecule has 3 heterocycles. The minimum atomic E-state index is 0.207. The van der Waals surface area contributed by atoms with Crippen molar-refractivity contribution < 1.29 is 0 Å². The standard InChI is InChI=1S/C14H20N2/c1-14(2,3)11-4-5-13(15-8-11)16-9-10-6-12(16)7-10/h4-5,8,10,12H,6-7,9H2,1-3H3. The zero-order valence-corrected chi connectivity index (χ0v) is 10.4. The number of hydrogen-bond acceptors (Lipinski definition) is 2. The van der Waals surface area contributed by atoms with Crippen LogP contribution < -0.4 is 4.90 Å². The van der Waals surface area contributed by atoms with Crippen molar-refractivity contribution in [3.05, 3.63) is 23.9 Å². The van der Waals surface area contributed by atoms with Gasteiger partial charge >= 0.3 is 0 Å². The van der Waals surface area contributed by atoms with E-state index in [1.165, 1.54) is 30.8 Å². The van der Waals surface area contributed by atoms with Crippen molar-refractivity contribution in [2.24, 2.45) is 5.92 Å². The zero-order chi connectivity index (χ0) is 11.3. The molecule has 16 heavy (non-hydrogen) atoms. The molecule has 0 aromatic carbocycles. The lowest BCUT2D eigenvalue weighted by Crippen LogP contribution is -2.29. The monoisotopic (exact) mass is 216 g/mol. The molecular weight excluding hydrogens is 196 g/mol. The fourth-order valence-corrected chi connectivity index (χ4v) is 2.81. The number of rotatable bonds is 1. The third-order valence-electron chi connectivity index (χ3n) is 4.01. The molecule has 2 bridgehead atoms. The quantitative estimate of drug-likeness (QED) is 0.717. The summed E-state index contributed by atoms with van der Waals surface area (Å²) in [4.78, 5) is 7.11. The molecule has 0 radical (unpaired) electrons. The number of aromatic nitrogens is 1. The van der Waals surface area contributed by atoms with Crippen molar-refractivity contribution >= 4 is 5.82 Å². The van der Waals surface area contributed by atoms with Gasteiger partial charge in [0.1, 0.15) is 5.82 Å². The lowest BCUT2D eigenvalue weighted by atomic mass is 9.86. The maximum Gasteiger partial charge on any atom is 0.128 e. The molecule has 2 nitrogen and oxygen atoms in total. The van der Waals surface area contributed by atoms with E-state index in [9.17, 15) is 0 Å². The molecule has 2 saturated heterocycles. The third kappa shape index (κ3) is 1.51. The Morgan fingerprint density at radius 1 is 1.25 bits per heavy atom. The SMILES string of the molecule is CC(C)(C)c1ccc(N2CC3CC2C3)nc1. The Morgan fingerprint density at radius 3 is 2.44 bits per heavy atom. The highest BCUT2D eigenvalue weighted by Gasteiger charge is 2.43. The van der Waals surface area contributed by atoms with E-state index in [1.807, 2.05) is 6.20 Å². The Morgan fingerprint density at radius 2 is 2.00 bits per heavy atom. The van der Waals surface area contributed by atoms with Crippen LogP contribution in [-0.4, -0.2) is 17.6 Å². The molecule has 3 aliphatic rings. The predicted molar refractivity (Wildman–Crippen MR) is 66.8 cm³/mol. The summed E-state index contributed by atoms with van der Waals surface area (Å²) >= 11 is 0. The second-order valence-electron chi connectivity index (χ2n) is 6.30. The summed E-state index contributed by atoms with van der Waals surface area (Å²) < 4.78 is 0. The molecule has 0 spiro atoms. The van der Waals surface area contributed by atoms with E-state index >= 15 is 0 Å². The van der Waals surface area contributed by atoms with Crippen LogP contribution >= 0.6 is 0 Å². The van der Waals surface area contributed by atoms with Crippen LogP contribution in [0.4, 0.5) is 5.82 Å². The van der Waals surface area contributed by atoms with Gasteiger partial charge in [-0.25, -0.2) is 4.98 Å². The van der Waals surface area contributed by atoms with Crippen LogP contribution in [0.3, 0.4) is 0 Å². The molecule has 0 N–H and O–H groups in total. The molecule has 1 aliphatic carbocycles. The number of hydrogen-bond donors (Lipinski definition) is 0.